The molecule has 2 nitrogen and oxygen atoms in total. The molecule has 0 aliphatic heterocycles. The second-order valence-corrected chi connectivity index (χ2v) is 2.76. The summed E-state index contributed by atoms with van der Waals surface area (Å²) in [6.07, 6.45) is -3.54. The van der Waals surface area contributed by atoms with Gasteiger partial charge in [-0.15, -0.1) is 24.8 Å². The van der Waals surface area contributed by atoms with Crippen molar-refractivity contribution in [1.29, 1.82) is 0 Å². The van der Waals surface area contributed by atoms with Gasteiger partial charge >= 0.3 is 6.18 Å². The summed E-state index contributed by atoms with van der Waals surface area (Å²) < 4.78 is 36.1. The van der Waals surface area contributed by atoms with Gasteiger partial charge in [0.25, 0.3) is 0 Å². The van der Waals surface area contributed by atoms with Crippen LogP contribution in [0.4, 0.5) is 13.2 Å². The van der Waals surface area contributed by atoms with Crippen LogP contribution in [0.1, 0.15) is 24.2 Å². The Balaban J connectivity index is 0. The lowest BCUT2D eigenvalue weighted by Crippen LogP contribution is -2.10. The lowest BCUT2D eigenvalue weighted by Gasteiger charge is -2.08. The van der Waals surface area contributed by atoms with Crippen molar-refractivity contribution >= 4 is 24.8 Å². The van der Waals surface area contributed by atoms with Crippen molar-refractivity contribution in [2.24, 2.45) is 5.73 Å². The Hall–Kier alpha value is -0.520. The monoisotopic (exact) mass is 262 g/mol. The molecule has 0 aliphatic rings. The highest BCUT2D eigenvalue weighted by atomic mass is 35.5. The first-order chi connectivity index (χ1) is 5.91. The molecule has 0 radical (unpaired) electrons. The SMILES string of the molecule is CC(N)c1ccc(C(F)(F)F)cn1.Cl.Cl. The molecule has 1 unspecified atom stereocenters. The van der Waals surface area contributed by atoms with E-state index in [1.54, 1.807) is 6.92 Å². The van der Waals surface area contributed by atoms with E-state index in [9.17, 15) is 13.2 Å². The van der Waals surface area contributed by atoms with E-state index in [0.717, 1.165) is 12.3 Å². The molecule has 0 aliphatic carbocycles. The number of hydrogen-bond acceptors (Lipinski definition) is 2. The molecule has 0 fully saturated rings. The normalized spacial score (nSPS) is 12.3. The number of rotatable bonds is 1. The van der Waals surface area contributed by atoms with E-state index in [2.05, 4.69) is 4.98 Å². The number of halogens is 5. The highest BCUT2D eigenvalue weighted by molar-refractivity contribution is 5.85. The molecule has 2 N–H and O–H groups in total. The Labute approximate surface area is 97.9 Å². The molecule has 88 valence electrons. The fraction of sp³-hybridized carbons (Fsp3) is 0.375. The van der Waals surface area contributed by atoms with Gasteiger partial charge in [-0.2, -0.15) is 13.2 Å². The molecule has 15 heavy (non-hydrogen) atoms. The zero-order valence-electron chi connectivity index (χ0n) is 7.78. The van der Waals surface area contributed by atoms with Gasteiger partial charge in [0.2, 0.25) is 0 Å². The second-order valence-electron chi connectivity index (χ2n) is 2.76. The molecule has 0 saturated carbocycles. The van der Waals surface area contributed by atoms with E-state index in [1.165, 1.54) is 6.07 Å². The number of alkyl halides is 3. The fourth-order valence-electron chi connectivity index (χ4n) is 0.842. The lowest BCUT2D eigenvalue weighted by molar-refractivity contribution is -0.137. The standard InChI is InChI=1S/C8H9F3N2.2ClH/c1-5(12)7-3-2-6(4-13-7)8(9,10)11;;/h2-5H,12H2,1H3;2*1H. The van der Waals surface area contributed by atoms with Crippen LogP contribution < -0.4 is 5.73 Å². The van der Waals surface area contributed by atoms with Crippen LogP contribution in [0.5, 0.6) is 0 Å². The molecular weight excluding hydrogens is 252 g/mol. The maximum atomic E-state index is 12.0. The van der Waals surface area contributed by atoms with Crippen molar-refractivity contribution in [1.82, 2.24) is 4.98 Å². The van der Waals surface area contributed by atoms with Crippen molar-refractivity contribution in [3.8, 4) is 0 Å². The Kier molecular flexibility index (Phi) is 6.92. The molecule has 0 spiro atoms. The van der Waals surface area contributed by atoms with Crippen LogP contribution in [0.2, 0.25) is 0 Å². The minimum absolute atomic E-state index is 0. The summed E-state index contributed by atoms with van der Waals surface area (Å²) in [5.74, 6) is 0. The predicted octanol–water partition coefficient (Wildman–Crippen LogP) is 2.96. The van der Waals surface area contributed by atoms with Crippen LogP contribution >= 0.6 is 24.8 Å². The van der Waals surface area contributed by atoms with E-state index in [1.807, 2.05) is 0 Å². The van der Waals surface area contributed by atoms with Gasteiger partial charge in [0.1, 0.15) is 0 Å². The van der Waals surface area contributed by atoms with Gasteiger partial charge in [0.05, 0.1) is 11.3 Å². The number of aromatic nitrogens is 1. The zero-order valence-corrected chi connectivity index (χ0v) is 9.42. The Morgan fingerprint density at radius 3 is 2.07 bits per heavy atom. The molecule has 0 amide bonds. The molecule has 1 atom stereocenters. The average molecular weight is 263 g/mol. The van der Waals surface area contributed by atoms with Crippen molar-refractivity contribution in [3.63, 3.8) is 0 Å². The van der Waals surface area contributed by atoms with Gasteiger partial charge in [0.15, 0.2) is 0 Å². The molecule has 1 heterocycles. The van der Waals surface area contributed by atoms with Crippen molar-refractivity contribution in [2.75, 3.05) is 0 Å². The predicted molar refractivity (Wildman–Crippen MR) is 56.3 cm³/mol. The van der Waals surface area contributed by atoms with Gasteiger partial charge in [-0.3, -0.25) is 4.98 Å². The number of nitrogens with two attached hydrogens (primary N) is 1. The third-order valence-corrected chi connectivity index (χ3v) is 1.58. The third-order valence-electron chi connectivity index (χ3n) is 1.58. The summed E-state index contributed by atoms with van der Waals surface area (Å²) in [6, 6.07) is 1.92. The Morgan fingerprint density at radius 1 is 1.27 bits per heavy atom. The smallest absolute Gasteiger partial charge is 0.323 e. The molecule has 1 rings (SSSR count). The molecule has 1 aromatic rings. The quantitative estimate of drug-likeness (QED) is 0.845. The van der Waals surface area contributed by atoms with Gasteiger partial charge < -0.3 is 5.73 Å². The first-order valence-corrected chi connectivity index (χ1v) is 3.70. The Bertz CT molecular complexity index is 285. The summed E-state index contributed by atoms with van der Waals surface area (Å²) in [4.78, 5) is 3.60. The van der Waals surface area contributed by atoms with Crippen LogP contribution in [-0.4, -0.2) is 4.98 Å². The van der Waals surface area contributed by atoms with Crippen LogP contribution in [-0.2, 0) is 6.18 Å². The van der Waals surface area contributed by atoms with Crippen molar-refractivity contribution in [3.05, 3.63) is 29.6 Å². The first kappa shape index (κ1) is 16.9. The van der Waals surface area contributed by atoms with Crippen LogP contribution in [0, 0.1) is 0 Å². The summed E-state index contributed by atoms with van der Waals surface area (Å²) in [5, 5.41) is 0. The number of hydrogen-bond donors (Lipinski definition) is 1. The molecule has 0 bridgehead atoms. The molecule has 0 aromatic carbocycles. The fourth-order valence-corrected chi connectivity index (χ4v) is 0.842. The summed E-state index contributed by atoms with van der Waals surface area (Å²) >= 11 is 0. The maximum absolute atomic E-state index is 12.0. The summed E-state index contributed by atoms with van der Waals surface area (Å²) in [5.41, 5.74) is 5.13. The minimum atomic E-state index is -4.33. The van der Waals surface area contributed by atoms with Crippen LogP contribution in [0.3, 0.4) is 0 Å². The van der Waals surface area contributed by atoms with E-state index in [0.29, 0.717) is 5.69 Å². The van der Waals surface area contributed by atoms with E-state index in [-0.39, 0.29) is 30.9 Å². The second kappa shape index (κ2) is 6.15. The van der Waals surface area contributed by atoms with Gasteiger partial charge in [-0.05, 0) is 19.1 Å². The highest BCUT2D eigenvalue weighted by Gasteiger charge is 2.30. The van der Waals surface area contributed by atoms with Crippen molar-refractivity contribution < 1.29 is 13.2 Å². The zero-order chi connectivity index (χ0) is 10.1. The van der Waals surface area contributed by atoms with E-state index in [4.69, 9.17) is 5.73 Å². The Morgan fingerprint density at radius 2 is 1.80 bits per heavy atom. The number of pyridine rings is 1. The summed E-state index contributed by atoms with van der Waals surface area (Å²) in [6.45, 7) is 1.66. The largest absolute Gasteiger partial charge is 0.417 e. The van der Waals surface area contributed by atoms with Gasteiger partial charge in [-0.25, -0.2) is 0 Å². The highest BCUT2D eigenvalue weighted by Crippen LogP contribution is 2.28. The van der Waals surface area contributed by atoms with Crippen LogP contribution in [0.15, 0.2) is 18.3 Å². The molecule has 7 heteroatoms. The van der Waals surface area contributed by atoms with Crippen LogP contribution in [0.25, 0.3) is 0 Å². The van der Waals surface area contributed by atoms with Crippen molar-refractivity contribution in [2.45, 2.75) is 19.1 Å². The first-order valence-electron chi connectivity index (χ1n) is 3.70. The third kappa shape index (κ3) is 4.68. The van der Waals surface area contributed by atoms with Gasteiger partial charge in [-0.1, -0.05) is 0 Å². The van der Waals surface area contributed by atoms with Gasteiger partial charge in [0, 0.05) is 12.2 Å². The lowest BCUT2D eigenvalue weighted by atomic mass is 10.2. The maximum Gasteiger partial charge on any atom is 0.417 e. The minimum Gasteiger partial charge on any atom is -0.323 e. The molecular formula is C8H11Cl2F3N2. The number of nitrogens with zero attached hydrogens (tertiary/aromatic N) is 1. The molecule has 1 aromatic heterocycles. The average Bonchev–Trinajstić information content (AvgIpc) is 2.03. The molecule has 0 saturated heterocycles. The topological polar surface area (TPSA) is 38.9 Å². The summed E-state index contributed by atoms with van der Waals surface area (Å²) in [7, 11) is 0. The van der Waals surface area contributed by atoms with E-state index < -0.39 is 11.7 Å². The van der Waals surface area contributed by atoms with E-state index >= 15 is 0 Å².